The molecular formula is C16H17N3O2. The number of hydrazone groups is 1. The lowest BCUT2D eigenvalue weighted by molar-refractivity contribution is -0.127. The molecule has 1 heterocycles. The summed E-state index contributed by atoms with van der Waals surface area (Å²) in [6, 6.07) is 11.2. The van der Waals surface area contributed by atoms with E-state index in [1.165, 1.54) is 6.21 Å². The van der Waals surface area contributed by atoms with Crippen LogP contribution in [0.25, 0.3) is 0 Å². The highest BCUT2D eigenvalue weighted by Crippen LogP contribution is 2.14. The number of hydrogen-bond acceptors (Lipinski definition) is 4. The normalized spacial score (nSPS) is 12.1. The average Bonchev–Trinajstić information content (AvgIpc) is 2.48. The number of aromatic nitrogens is 1. The van der Waals surface area contributed by atoms with Crippen LogP contribution in [0.15, 0.2) is 53.9 Å². The van der Waals surface area contributed by atoms with Gasteiger partial charge in [-0.3, -0.25) is 9.78 Å². The van der Waals surface area contributed by atoms with Crippen LogP contribution in [0.4, 0.5) is 0 Å². The van der Waals surface area contributed by atoms with Crippen molar-refractivity contribution in [2.45, 2.75) is 20.0 Å². The van der Waals surface area contributed by atoms with Gasteiger partial charge in [0.25, 0.3) is 5.91 Å². The second kappa shape index (κ2) is 7.19. The monoisotopic (exact) mass is 283 g/mol. The van der Waals surface area contributed by atoms with Crippen molar-refractivity contribution < 1.29 is 9.53 Å². The van der Waals surface area contributed by atoms with Crippen LogP contribution in [0.3, 0.4) is 0 Å². The number of ether oxygens (including phenoxy) is 1. The summed E-state index contributed by atoms with van der Waals surface area (Å²) >= 11 is 0. The summed E-state index contributed by atoms with van der Waals surface area (Å²) in [7, 11) is 0. The van der Waals surface area contributed by atoms with Gasteiger partial charge >= 0.3 is 0 Å². The van der Waals surface area contributed by atoms with Gasteiger partial charge < -0.3 is 4.74 Å². The topological polar surface area (TPSA) is 63.6 Å². The summed E-state index contributed by atoms with van der Waals surface area (Å²) < 4.78 is 5.56. The van der Waals surface area contributed by atoms with Gasteiger partial charge in [0.15, 0.2) is 6.10 Å². The Morgan fingerprint density at radius 3 is 2.95 bits per heavy atom. The fourth-order valence-electron chi connectivity index (χ4n) is 1.66. The Labute approximate surface area is 123 Å². The number of aryl methyl sites for hydroxylation is 1. The van der Waals surface area contributed by atoms with Gasteiger partial charge in [0.2, 0.25) is 0 Å². The van der Waals surface area contributed by atoms with E-state index in [0.29, 0.717) is 5.75 Å². The fraction of sp³-hybridized carbons (Fsp3) is 0.188. The SMILES string of the molecule is Cc1cccc(O[C@@H](C)C(=O)N/N=C/c2cccnc2)c1. The molecule has 0 aliphatic rings. The second-order valence-corrected chi connectivity index (χ2v) is 4.60. The van der Waals surface area contributed by atoms with E-state index in [0.717, 1.165) is 11.1 Å². The number of amides is 1. The molecule has 1 amide bonds. The first-order chi connectivity index (χ1) is 10.1. The minimum Gasteiger partial charge on any atom is -0.481 e. The zero-order chi connectivity index (χ0) is 15.1. The van der Waals surface area contributed by atoms with Crippen molar-refractivity contribution in [2.75, 3.05) is 0 Å². The highest BCUT2D eigenvalue weighted by Gasteiger charge is 2.13. The van der Waals surface area contributed by atoms with Crippen LogP contribution >= 0.6 is 0 Å². The van der Waals surface area contributed by atoms with Crippen molar-refractivity contribution in [1.82, 2.24) is 10.4 Å². The molecule has 0 bridgehead atoms. The quantitative estimate of drug-likeness (QED) is 0.676. The van der Waals surface area contributed by atoms with E-state index in [1.54, 1.807) is 25.4 Å². The van der Waals surface area contributed by atoms with Crippen LogP contribution in [0.5, 0.6) is 5.75 Å². The maximum absolute atomic E-state index is 11.9. The summed E-state index contributed by atoms with van der Waals surface area (Å²) in [6.45, 7) is 3.65. The molecule has 1 N–H and O–H groups in total. The highest BCUT2D eigenvalue weighted by molar-refractivity contribution is 5.84. The van der Waals surface area contributed by atoms with Crippen molar-refractivity contribution >= 4 is 12.1 Å². The van der Waals surface area contributed by atoms with E-state index in [2.05, 4.69) is 15.5 Å². The van der Waals surface area contributed by atoms with Crippen LogP contribution in [-0.2, 0) is 4.79 Å². The van der Waals surface area contributed by atoms with E-state index in [4.69, 9.17) is 4.74 Å². The maximum Gasteiger partial charge on any atom is 0.280 e. The molecule has 5 nitrogen and oxygen atoms in total. The van der Waals surface area contributed by atoms with E-state index in [9.17, 15) is 4.79 Å². The molecule has 2 rings (SSSR count). The standard InChI is InChI=1S/C16H17N3O2/c1-12-5-3-7-15(9-12)21-13(2)16(20)19-18-11-14-6-4-8-17-10-14/h3-11,13H,1-2H3,(H,19,20)/b18-11+/t13-/m0/s1. The van der Waals surface area contributed by atoms with Crippen molar-refractivity contribution in [1.29, 1.82) is 0 Å². The number of nitrogens with one attached hydrogen (secondary N) is 1. The van der Waals surface area contributed by atoms with Crippen LogP contribution in [-0.4, -0.2) is 23.2 Å². The van der Waals surface area contributed by atoms with E-state index in [-0.39, 0.29) is 5.91 Å². The third-order valence-corrected chi connectivity index (χ3v) is 2.74. The number of carbonyl (C=O) groups is 1. The molecule has 0 radical (unpaired) electrons. The zero-order valence-electron chi connectivity index (χ0n) is 12.0. The lowest BCUT2D eigenvalue weighted by Gasteiger charge is -2.13. The number of nitrogens with zero attached hydrogens (tertiary/aromatic N) is 2. The molecule has 0 aliphatic carbocycles. The largest absolute Gasteiger partial charge is 0.481 e. The number of pyridine rings is 1. The van der Waals surface area contributed by atoms with Crippen molar-refractivity contribution in [2.24, 2.45) is 5.10 Å². The van der Waals surface area contributed by atoms with Crippen LogP contribution in [0, 0.1) is 6.92 Å². The number of carbonyl (C=O) groups excluding carboxylic acids is 1. The summed E-state index contributed by atoms with van der Waals surface area (Å²) in [5.41, 5.74) is 4.33. The van der Waals surface area contributed by atoms with Crippen molar-refractivity contribution in [3.05, 3.63) is 59.9 Å². The first-order valence-electron chi connectivity index (χ1n) is 6.61. The van der Waals surface area contributed by atoms with Gasteiger partial charge in [-0.25, -0.2) is 5.43 Å². The van der Waals surface area contributed by atoms with Crippen LogP contribution in [0.1, 0.15) is 18.1 Å². The third-order valence-electron chi connectivity index (χ3n) is 2.74. The lowest BCUT2D eigenvalue weighted by Crippen LogP contribution is -2.33. The predicted molar refractivity (Wildman–Crippen MR) is 81.2 cm³/mol. The van der Waals surface area contributed by atoms with Gasteiger partial charge in [-0.1, -0.05) is 18.2 Å². The Morgan fingerprint density at radius 1 is 1.38 bits per heavy atom. The molecular weight excluding hydrogens is 266 g/mol. The van der Waals surface area contributed by atoms with Crippen molar-refractivity contribution in [3.63, 3.8) is 0 Å². The number of rotatable bonds is 5. The van der Waals surface area contributed by atoms with E-state index in [1.807, 2.05) is 37.3 Å². The molecule has 0 spiro atoms. The summed E-state index contributed by atoms with van der Waals surface area (Å²) in [6.07, 6.45) is 4.23. The highest BCUT2D eigenvalue weighted by atomic mass is 16.5. The molecule has 0 fully saturated rings. The summed E-state index contributed by atoms with van der Waals surface area (Å²) in [5.74, 6) is 0.352. The molecule has 5 heteroatoms. The summed E-state index contributed by atoms with van der Waals surface area (Å²) in [5, 5.41) is 3.88. The Bertz CT molecular complexity index is 626. The van der Waals surface area contributed by atoms with E-state index >= 15 is 0 Å². The Balaban J connectivity index is 1.87. The molecule has 0 saturated carbocycles. The predicted octanol–water partition coefficient (Wildman–Crippen LogP) is 2.31. The van der Waals surface area contributed by atoms with Gasteiger partial charge in [0.1, 0.15) is 5.75 Å². The van der Waals surface area contributed by atoms with Gasteiger partial charge in [-0.05, 0) is 37.6 Å². The molecule has 0 saturated heterocycles. The Hall–Kier alpha value is -2.69. The lowest BCUT2D eigenvalue weighted by atomic mass is 10.2. The number of benzene rings is 1. The average molecular weight is 283 g/mol. The van der Waals surface area contributed by atoms with Gasteiger partial charge in [0, 0.05) is 18.0 Å². The first kappa shape index (κ1) is 14.7. The Kier molecular flexibility index (Phi) is 5.04. The maximum atomic E-state index is 11.9. The molecule has 1 aromatic carbocycles. The molecule has 0 aliphatic heterocycles. The second-order valence-electron chi connectivity index (χ2n) is 4.60. The number of hydrogen-bond donors (Lipinski definition) is 1. The smallest absolute Gasteiger partial charge is 0.280 e. The first-order valence-corrected chi connectivity index (χ1v) is 6.61. The van der Waals surface area contributed by atoms with Gasteiger partial charge in [-0.15, -0.1) is 0 Å². The molecule has 2 aromatic rings. The molecule has 21 heavy (non-hydrogen) atoms. The van der Waals surface area contributed by atoms with Gasteiger partial charge in [0.05, 0.1) is 6.21 Å². The molecule has 108 valence electrons. The molecule has 1 aromatic heterocycles. The Morgan fingerprint density at radius 2 is 2.24 bits per heavy atom. The zero-order valence-corrected chi connectivity index (χ0v) is 12.0. The summed E-state index contributed by atoms with van der Waals surface area (Å²) in [4.78, 5) is 15.8. The molecule has 0 unspecified atom stereocenters. The van der Waals surface area contributed by atoms with Crippen LogP contribution in [0.2, 0.25) is 0 Å². The minimum absolute atomic E-state index is 0.309. The van der Waals surface area contributed by atoms with Crippen molar-refractivity contribution in [3.8, 4) is 5.75 Å². The van der Waals surface area contributed by atoms with Crippen LogP contribution < -0.4 is 10.2 Å². The van der Waals surface area contributed by atoms with E-state index < -0.39 is 6.10 Å². The fourth-order valence-corrected chi connectivity index (χ4v) is 1.66. The minimum atomic E-state index is -0.627. The van der Waals surface area contributed by atoms with Gasteiger partial charge in [-0.2, -0.15) is 5.10 Å². The molecule has 1 atom stereocenters. The third kappa shape index (κ3) is 4.72.